The van der Waals surface area contributed by atoms with Gasteiger partial charge in [0.05, 0.1) is 0 Å². The van der Waals surface area contributed by atoms with Crippen molar-refractivity contribution in [1.29, 1.82) is 0 Å². The van der Waals surface area contributed by atoms with Crippen molar-refractivity contribution in [3.8, 4) is 0 Å². The minimum atomic E-state index is 0. The monoisotopic (exact) mass is 262 g/mol. The molecular formula is C8H16O3Ru. The van der Waals surface area contributed by atoms with Gasteiger partial charge in [-0.3, -0.25) is 20.4 Å². The SMILES string of the molecule is C[CH-]C.[CH-]=O.[CH-]=O.[CH-]=O.[CH3-].[CH3-].[Ru+6]. The summed E-state index contributed by atoms with van der Waals surface area (Å²) in [5.41, 5.74) is 0. The average molecular weight is 261 g/mol. The molecule has 0 fully saturated rings. The first-order chi connectivity index (χ1) is 4.41. The predicted octanol–water partition coefficient (Wildman–Crippen LogP) is 1.31. The Morgan fingerprint density at radius 1 is 0.750 bits per heavy atom. The third kappa shape index (κ3) is 5340. The molecule has 0 saturated carbocycles. The first-order valence-corrected chi connectivity index (χ1v) is 1.86. The van der Waals surface area contributed by atoms with Crippen molar-refractivity contribution < 1.29 is 33.9 Å². The van der Waals surface area contributed by atoms with Gasteiger partial charge in [-0.1, -0.05) is 0 Å². The molecule has 4 heteroatoms. The van der Waals surface area contributed by atoms with Crippen LogP contribution in [0.1, 0.15) is 13.8 Å². The van der Waals surface area contributed by atoms with E-state index >= 15 is 0 Å². The van der Waals surface area contributed by atoms with E-state index < -0.39 is 0 Å². The number of hydrogen-bond donors (Lipinski definition) is 0. The molecule has 0 saturated heterocycles. The van der Waals surface area contributed by atoms with E-state index in [1.54, 1.807) is 0 Å². The fraction of sp³-hybridized carbons (Fsp3) is 0.250. The van der Waals surface area contributed by atoms with Crippen molar-refractivity contribution in [2.45, 2.75) is 13.8 Å². The topological polar surface area (TPSA) is 51.2 Å². The van der Waals surface area contributed by atoms with Crippen molar-refractivity contribution in [2.24, 2.45) is 0 Å². The van der Waals surface area contributed by atoms with Crippen molar-refractivity contribution in [3.63, 3.8) is 0 Å². The van der Waals surface area contributed by atoms with E-state index in [0.29, 0.717) is 0 Å². The van der Waals surface area contributed by atoms with Gasteiger partial charge in [-0.25, -0.2) is 0 Å². The molecule has 12 heavy (non-hydrogen) atoms. The van der Waals surface area contributed by atoms with E-state index in [1.807, 2.05) is 20.3 Å². The minimum Gasteiger partial charge on any atom is -0.545 e. The van der Waals surface area contributed by atoms with Crippen molar-refractivity contribution in [3.05, 3.63) is 21.3 Å². The van der Waals surface area contributed by atoms with E-state index in [2.05, 4.69) is 20.4 Å². The number of carbonyl (C=O) groups excluding carboxylic acids is 3. The summed E-state index contributed by atoms with van der Waals surface area (Å²) in [5, 5.41) is 0. The summed E-state index contributed by atoms with van der Waals surface area (Å²) in [6, 6.07) is 0. The van der Waals surface area contributed by atoms with Crippen LogP contribution in [0, 0.1) is 21.3 Å². The maximum Gasteiger partial charge on any atom is 6.00 e. The number of rotatable bonds is 0. The molecule has 3 nitrogen and oxygen atoms in total. The molecule has 0 unspecified atom stereocenters. The van der Waals surface area contributed by atoms with Gasteiger partial charge in [0.2, 0.25) is 0 Å². The van der Waals surface area contributed by atoms with Crippen LogP contribution in [0.5, 0.6) is 0 Å². The van der Waals surface area contributed by atoms with Crippen LogP contribution >= 0.6 is 0 Å². The smallest absolute Gasteiger partial charge is 0.545 e. The Morgan fingerprint density at radius 3 is 0.750 bits per heavy atom. The summed E-state index contributed by atoms with van der Waals surface area (Å²) in [6.07, 6.45) is 2.00. The second-order valence-corrected chi connectivity index (χ2v) is 0.577. The maximum absolute atomic E-state index is 7.75. The van der Waals surface area contributed by atoms with Gasteiger partial charge in [0.25, 0.3) is 0 Å². The van der Waals surface area contributed by atoms with Crippen molar-refractivity contribution in [2.75, 3.05) is 0 Å². The summed E-state index contributed by atoms with van der Waals surface area (Å²) in [5.74, 6) is 0. The maximum atomic E-state index is 7.75. The van der Waals surface area contributed by atoms with Crippen LogP contribution in [-0.4, -0.2) is 20.4 Å². The first kappa shape index (κ1) is 61.3. The molecule has 0 atom stereocenters. The van der Waals surface area contributed by atoms with Crippen molar-refractivity contribution >= 4 is 20.4 Å². The van der Waals surface area contributed by atoms with E-state index in [9.17, 15) is 0 Å². The molecule has 0 amide bonds. The summed E-state index contributed by atoms with van der Waals surface area (Å²) in [4.78, 5) is 23.2. The molecule has 0 aliphatic heterocycles. The Hall–Kier alpha value is -0.367. The Labute approximate surface area is 89.7 Å². The molecule has 0 aliphatic rings. The van der Waals surface area contributed by atoms with Crippen molar-refractivity contribution in [1.82, 2.24) is 0 Å². The van der Waals surface area contributed by atoms with Crippen LogP contribution in [0.3, 0.4) is 0 Å². The van der Waals surface area contributed by atoms with Crippen LogP contribution in [0.2, 0.25) is 0 Å². The normalized spacial score (nSPS) is 2.50. The minimum absolute atomic E-state index is 0. The van der Waals surface area contributed by atoms with Crippen LogP contribution in [0.4, 0.5) is 0 Å². The van der Waals surface area contributed by atoms with Gasteiger partial charge < -0.3 is 35.7 Å². The molecule has 0 N–H and O–H groups in total. The molecule has 0 heterocycles. The molecule has 74 valence electrons. The van der Waals surface area contributed by atoms with Gasteiger partial charge >= 0.3 is 19.5 Å². The summed E-state index contributed by atoms with van der Waals surface area (Å²) >= 11 is 0. The van der Waals surface area contributed by atoms with Gasteiger partial charge in [0.1, 0.15) is 0 Å². The fourth-order valence-corrected chi connectivity index (χ4v) is 0. The van der Waals surface area contributed by atoms with Gasteiger partial charge in [-0.2, -0.15) is 13.8 Å². The Morgan fingerprint density at radius 2 is 0.750 bits per heavy atom. The number of hydrogen-bond acceptors (Lipinski definition) is 3. The van der Waals surface area contributed by atoms with Crippen LogP contribution in [0.15, 0.2) is 0 Å². The van der Waals surface area contributed by atoms with Gasteiger partial charge in [0.15, 0.2) is 0 Å². The first-order valence-electron chi connectivity index (χ1n) is 1.86. The Balaban J connectivity index is -0.00000000522. The second kappa shape index (κ2) is 2460. The van der Waals surface area contributed by atoms with Crippen LogP contribution in [-0.2, 0) is 33.9 Å². The standard InChI is InChI=1S/C3H7.3CHO.2CH3.Ru/c1-3-2;3*1-2;;;/h3H,1-2H3;3*1H;2*1H3;/q6*-1;+6. The second-order valence-electron chi connectivity index (χ2n) is 0.577. The predicted molar refractivity (Wildman–Crippen MR) is 48.7 cm³/mol. The summed E-state index contributed by atoms with van der Waals surface area (Å²) in [7, 11) is 0. The van der Waals surface area contributed by atoms with Gasteiger partial charge in [-0.05, 0) is 0 Å². The molecule has 0 aliphatic carbocycles. The van der Waals surface area contributed by atoms with E-state index in [-0.39, 0.29) is 34.3 Å². The molecule has 0 aromatic heterocycles. The summed E-state index contributed by atoms with van der Waals surface area (Å²) < 4.78 is 0. The zero-order valence-electron chi connectivity index (χ0n) is 7.89. The average Bonchev–Trinajstić information content (AvgIpc) is 2.01. The fourth-order valence-electron chi connectivity index (χ4n) is 0. The quantitative estimate of drug-likeness (QED) is 0.375. The Bertz CT molecular complexity index is 25.5. The molecule has 0 spiro atoms. The third-order valence-electron chi connectivity index (χ3n) is 0. The molecule has 0 aromatic carbocycles. The molecule has 0 aromatic rings. The van der Waals surface area contributed by atoms with E-state index in [0.717, 1.165) is 0 Å². The zero-order chi connectivity index (χ0) is 8.71. The Kier molecular flexibility index (Phi) is 12600. The largest absolute Gasteiger partial charge is 6.00 e. The van der Waals surface area contributed by atoms with Crippen LogP contribution < -0.4 is 0 Å². The van der Waals surface area contributed by atoms with E-state index in [1.165, 1.54) is 0 Å². The van der Waals surface area contributed by atoms with Gasteiger partial charge in [-0.15, -0.1) is 0 Å². The molecular weight excluding hydrogens is 245 g/mol. The molecule has 0 bridgehead atoms. The van der Waals surface area contributed by atoms with Gasteiger partial charge in [0, 0.05) is 0 Å². The zero-order valence-corrected chi connectivity index (χ0v) is 9.63. The van der Waals surface area contributed by atoms with Crippen LogP contribution in [0.25, 0.3) is 0 Å². The molecule has 0 rings (SSSR count). The summed E-state index contributed by atoms with van der Waals surface area (Å²) in [6.45, 7) is 13.8. The van der Waals surface area contributed by atoms with E-state index in [4.69, 9.17) is 14.4 Å². The third-order valence-corrected chi connectivity index (χ3v) is 0. The molecule has 0 radical (unpaired) electrons.